The summed E-state index contributed by atoms with van der Waals surface area (Å²) < 4.78 is 28.1. The van der Waals surface area contributed by atoms with Crippen molar-refractivity contribution in [2.24, 2.45) is 9.98 Å². The number of nitrogens with zero attached hydrogens (tertiary/aromatic N) is 6. The summed E-state index contributed by atoms with van der Waals surface area (Å²) in [5, 5.41) is 0. The number of carbonyl (C=O) groups is 1. The second-order valence-corrected chi connectivity index (χ2v) is 6.51. The number of aliphatic imine (C=N–C) groups is 2. The van der Waals surface area contributed by atoms with Gasteiger partial charge in [-0.3, -0.25) is 4.79 Å². The fraction of sp³-hybridized carbons (Fsp3) is 0.562. The van der Waals surface area contributed by atoms with Gasteiger partial charge in [-0.05, 0) is 19.8 Å². The molecule has 3 heterocycles. The summed E-state index contributed by atoms with van der Waals surface area (Å²) in [7, 11) is 0. The van der Waals surface area contributed by atoms with Crippen LogP contribution in [0.2, 0.25) is 0 Å². The van der Waals surface area contributed by atoms with Gasteiger partial charge >= 0.3 is 0 Å². The quantitative estimate of drug-likeness (QED) is 0.806. The van der Waals surface area contributed by atoms with E-state index in [9.17, 15) is 13.6 Å². The Labute approximate surface area is 143 Å². The normalized spacial score (nSPS) is 24.3. The molecule has 0 spiro atoms. The monoisotopic (exact) mass is 348 g/mol. The third-order valence-corrected chi connectivity index (χ3v) is 4.69. The highest BCUT2D eigenvalue weighted by atomic mass is 19.1. The molecule has 9 heteroatoms. The first kappa shape index (κ1) is 16.0. The molecule has 7 nitrogen and oxygen atoms in total. The molecule has 1 aromatic rings. The van der Waals surface area contributed by atoms with Crippen LogP contribution in [0.15, 0.2) is 16.3 Å². The number of guanidine groups is 1. The highest BCUT2D eigenvalue weighted by molar-refractivity contribution is 6.16. The minimum absolute atomic E-state index is 0.119. The van der Waals surface area contributed by atoms with Crippen LogP contribution in [0.3, 0.4) is 0 Å². The fourth-order valence-corrected chi connectivity index (χ4v) is 3.07. The molecule has 1 amide bonds. The van der Waals surface area contributed by atoms with E-state index in [1.165, 1.54) is 13.3 Å². The molecule has 1 atom stereocenters. The molecule has 25 heavy (non-hydrogen) atoms. The van der Waals surface area contributed by atoms with Gasteiger partial charge in [0.15, 0.2) is 11.6 Å². The van der Waals surface area contributed by atoms with Gasteiger partial charge in [0.1, 0.15) is 6.33 Å². The molecule has 2 aliphatic heterocycles. The lowest BCUT2D eigenvalue weighted by Gasteiger charge is -2.36. The smallest absolute Gasteiger partial charge is 0.289 e. The van der Waals surface area contributed by atoms with E-state index in [2.05, 4.69) is 20.0 Å². The number of hydrogen-bond acceptors (Lipinski definition) is 6. The van der Waals surface area contributed by atoms with Crippen molar-refractivity contribution in [2.75, 3.05) is 31.1 Å². The van der Waals surface area contributed by atoms with Crippen molar-refractivity contribution in [3.05, 3.63) is 17.8 Å². The molecule has 1 unspecified atom stereocenters. The number of alkyl halides is 1. The molecular formula is C16H18F2N6O. The van der Waals surface area contributed by atoms with E-state index in [-0.39, 0.29) is 23.4 Å². The molecule has 0 aromatic carbocycles. The van der Waals surface area contributed by atoms with Gasteiger partial charge in [-0.15, -0.1) is 0 Å². The minimum Gasteiger partial charge on any atom is -0.351 e. The second-order valence-electron chi connectivity index (χ2n) is 6.51. The van der Waals surface area contributed by atoms with Gasteiger partial charge in [0.05, 0.1) is 11.4 Å². The second kappa shape index (κ2) is 6.12. The Kier molecular flexibility index (Phi) is 3.93. The van der Waals surface area contributed by atoms with Gasteiger partial charge in [-0.25, -0.2) is 23.7 Å². The van der Waals surface area contributed by atoms with Gasteiger partial charge in [0.2, 0.25) is 12.1 Å². The predicted octanol–water partition coefficient (Wildman–Crippen LogP) is 1.31. The average molecular weight is 348 g/mol. The largest absolute Gasteiger partial charge is 0.351 e. The van der Waals surface area contributed by atoms with Gasteiger partial charge in [-0.1, -0.05) is 0 Å². The molecule has 0 N–H and O–H groups in total. The van der Waals surface area contributed by atoms with Crippen molar-refractivity contribution < 1.29 is 13.6 Å². The van der Waals surface area contributed by atoms with Crippen molar-refractivity contribution in [2.45, 2.75) is 31.9 Å². The lowest BCUT2D eigenvalue weighted by molar-refractivity contribution is -0.120. The molecule has 1 aromatic heterocycles. The summed E-state index contributed by atoms with van der Waals surface area (Å²) in [4.78, 5) is 31.2. The van der Waals surface area contributed by atoms with E-state index >= 15 is 0 Å². The first-order valence-electron chi connectivity index (χ1n) is 8.36. The first-order chi connectivity index (χ1) is 12.0. The van der Waals surface area contributed by atoms with E-state index in [1.807, 2.05) is 9.80 Å². The van der Waals surface area contributed by atoms with E-state index in [4.69, 9.17) is 0 Å². The average Bonchev–Trinajstić information content (AvgIpc) is 3.45. The lowest BCUT2D eigenvalue weighted by Crippen LogP contribution is -2.50. The summed E-state index contributed by atoms with van der Waals surface area (Å²) in [6, 6.07) is 0. The zero-order valence-corrected chi connectivity index (χ0v) is 13.8. The number of halogens is 2. The van der Waals surface area contributed by atoms with Gasteiger partial charge < -0.3 is 9.80 Å². The Morgan fingerprint density at radius 1 is 1.08 bits per heavy atom. The van der Waals surface area contributed by atoms with Crippen LogP contribution < -0.4 is 4.90 Å². The predicted molar refractivity (Wildman–Crippen MR) is 88.2 cm³/mol. The number of piperazine rings is 1. The van der Waals surface area contributed by atoms with Crippen molar-refractivity contribution in [3.63, 3.8) is 0 Å². The molecule has 0 radical (unpaired) electrons. The van der Waals surface area contributed by atoms with Crippen LogP contribution in [-0.2, 0) is 4.79 Å². The molecule has 1 aliphatic carbocycles. The van der Waals surface area contributed by atoms with Crippen LogP contribution in [0.4, 0.5) is 14.6 Å². The van der Waals surface area contributed by atoms with Crippen molar-refractivity contribution in [1.29, 1.82) is 0 Å². The molecule has 4 rings (SSSR count). The Morgan fingerprint density at radius 2 is 1.76 bits per heavy atom. The van der Waals surface area contributed by atoms with Crippen LogP contribution in [0, 0.1) is 5.82 Å². The highest BCUT2D eigenvalue weighted by Gasteiger charge is 2.33. The molecule has 132 valence electrons. The number of aromatic nitrogens is 2. The summed E-state index contributed by atoms with van der Waals surface area (Å²) in [6.07, 6.45) is 1.61. The molecule has 1 saturated carbocycles. The summed E-state index contributed by atoms with van der Waals surface area (Å²) in [5.41, 5.74) is 0.622. The van der Waals surface area contributed by atoms with Crippen LogP contribution in [0.1, 0.15) is 31.4 Å². The Bertz CT molecular complexity index is 768. The summed E-state index contributed by atoms with van der Waals surface area (Å²) >= 11 is 0. The molecule has 1 saturated heterocycles. The number of rotatable bonds is 2. The van der Waals surface area contributed by atoms with E-state index < -0.39 is 12.1 Å². The standard InChI is InChI=1S/C16H18F2N6O/c1-9-11(17)15(25)22-16(21-9)24-6-4-23(5-7-24)14-12(18)13(10-2-3-10)19-8-20-14/h8,10-11H,2-7H2,1H3. The zero-order chi connectivity index (χ0) is 17.6. The molecular weight excluding hydrogens is 330 g/mol. The number of amides is 1. The molecule has 2 fully saturated rings. The third-order valence-electron chi connectivity index (χ3n) is 4.69. The van der Waals surface area contributed by atoms with Crippen LogP contribution in [0.25, 0.3) is 0 Å². The molecule has 0 bridgehead atoms. The maximum Gasteiger partial charge on any atom is 0.289 e. The summed E-state index contributed by atoms with van der Waals surface area (Å²) in [5.74, 6) is -0.380. The van der Waals surface area contributed by atoms with E-state index in [1.54, 1.807) is 0 Å². The van der Waals surface area contributed by atoms with Crippen LogP contribution in [0.5, 0.6) is 0 Å². The van der Waals surface area contributed by atoms with Crippen molar-refractivity contribution in [1.82, 2.24) is 14.9 Å². The number of hydrogen-bond donors (Lipinski definition) is 0. The fourth-order valence-electron chi connectivity index (χ4n) is 3.07. The highest BCUT2D eigenvalue weighted by Crippen LogP contribution is 2.41. The van der Waals surface area contributed by atoms with Crippen molar-refractivity contribution >= 4 is 23.4 Å². The molecule has 3 aliphatic rings. The van der Waals surface area contributed by atoms with E-state index in [0.717, 1.165) is 12.8 Å². The van der Waals surface area contributed by atoms with Gasteiger partial charge in [0, 0.05) is 32.1 Å². The van der Waals surface area contributed by atoms with Crippen LogP contribution >= 0.6 is 0 Å². The van der Waals surface area contributed by atoms with Crippen LogP contribution in [-0.4, -0.2) is 64.8 Å². The number of carbonyl (C=O) groups excluding carboxylic acids is 1. The topological polar surface area (TPSA) is 74.1 Å². The Morgan fingerprint density at radius 3 is 2.40 bits per heavy atom. The van der Waals surface area contributed by atoms with Gasteiger partial charge in [-0.2, -0.15) is 4.99 Å². The van der Waals surface area contributed by atoms with Crippen molar-refractivity contribution in [3.8, 4) is 0 Å². The zero-order valence-electron chi connectivity index (χ0n) is 13.8. The first-order valence-corrected chi connectivity index (χ1v) is 8.36. The Hall–Kier alpha value is -2.45. The van der Waals surface area contributed by atoms with Gasteiger partial charge in [0.25, 0.3) is 5.91 Å². The Balaban J connectivity index is 1.47. The van der Waals surface area contributed by atoms with E-state index in [0.29, 0.717) is 37.7 Å². The lowest BCUT2D eigenvalue weighted by atomic mass is 10.2. The maximum absolute atomic E-state index is 14.6. The maximum atomic E-state index is 14.6. The summed E-state index contributed by atoms with van der Waals surface area (Å²) in [6.45, 7) is 3.50. The third kappa shape index (κ3) is 2.98. The SMILES string of the molecule is CC1=NC(N2CCN(c3ncnc(C4CC4)c3F)CC2)=NC(=O)C1F. The minimum atomic E-state index is -1.75. The number of anilines is 1.